The molecular formula is C18H19NO5S. The number of rotatable bonds is 6. The Hall–Kier alpha value is -2.38. The average molecular weight is 361 g/mol. The van der Waals surface area contributed by atoms with E-state index in [0.717, 1.165) is 37.2 Å². The Balaban J connectivity index is 1.65. The monoisotopic (exact) mass is 361 g/mol. The second kappa shape index (κ2) is 8.13. The molecule has 0 saturated carbocycles. The number of aromatic carboxylic acids is 1. The summed E-state index contributed by atoms with van der Waals surface area (Å²) in [6.07, 6.45) is 3.27. The van der Waals surface area contributed by atoms with Crippen molar-refractivity contribution in [3.05, 3.63) is 46.2 Å². The van der Waals surface area contributed by atoms with Crippen molar-refractivity contribution in [3.8, 4) is 5.75 Å². The van der Waals surface area contributed by atoms with Crippen LogP contribution in [0.5, 0.6) is 5.75 Å². The Morgan fingerprint density at radius 1 is 1.20 bits per heavy atom. The van der Waals surface area contributed by atoms with Crippen LogP contribution in [0.3, 0.4) is 0 Å². The molecule has 1 aromatic heterocycles. The fraction of sp³-hybridized carbons (Fsp3) is 0.333. The van der Waals surface area contributed by atoms with Crippen molar-refractivity contribution < 1.29 is 24.2 Å². The molecule has 0 spiro atoms. The zero-order chi connectivity index (χ0) is 17.6. The van der Waals surface area contributed by atoms with Gasteiger partial charge in [-0.25, -0.2) is 4.79 Å². The largest absolute Gasteiger partial charge is 0.489 e. The molecule has 132 valence electrons. The number of carboxylic acids is 1. The Morgan fingerprint density at radius 2 is 2.00 bits per heavy atom. The fourth-order valence-electron chi connectivity index (χ4n) is 2.58. The smallest absolute Gasteiger partial charge is 0.345 e. The number of hydrogen-bond acceptors (Lipinski definition) is 5. The minimum absolute atomic E-state index is 0.0768. The number of nitrogens with one attached hydrogen (secondary N) is 1. The lowest BCUT2D eigenvalue weighted by Crippen LogP contribution is -2.26. The van der Waals surface area contributed by atoms with Gasteiger partial charge in [0.2, 0.25) is 0 Å². The van der Waals surface area contributed by atoms with Gasteiger partial charge in [-0.05, 0) is 43.5 Å². The van der Waals surface area contributed by atoms with Gasteiger partial charge in [-0.3, -0.25) is 4.79 Å². The lowest BCUT2D eigenvalue weighted by Gasteiger charge is -2.23. The van der Waals surface area contributed by atoms with Crippen LogP contribution in [0, 0.1) is 0 Å². The fourth-order valence-corrected chi connectivity index (χ4v) is 3.32. The first-order chi connectivity index (χ1) is 12.1. The highest BCUT2D eigenvalue weighted by molar-refractivity contribution is 7.15. The highest BCUT2D eigenvalue weighted by atomic mass is 32.1. The molecular weight excluding hydrogens is 342 g/mol. The van der Waals surface area contributed by atoms with Crippen LogP contribution in [0.4, 0.5) is 5.69 Å². The van der Waals surface area contributed by atoms with Gasteiger partial charge in [0.15, 0.2) is 0 Å². The predicted octanol–water partition coefficient (Wildman–Crippen LogP) is 3.65. The first-order valence-electron chi connectivity index (χ1n) is 8.11. The summed E-state index contributed by atoms with van der Waals surface area (Å²) in [5.74, 6) is -0.831. The molecule has 7 heteroatoms. The number of hydrogen-bond donors (Lipinski definition) is 2. The lowest BCUT2D eigenvalue weighted by molar-refractivity contribution is -0.0109. The number of anilines is 1. The first kappa shape index (κ1) is 17.4. The van der Waals surface area contributed by atoms with Crippen molar-refractivity contribution in [2.24, 2.45) is 0 Å². The molecule has 1 aromatic carbocycles. The maximum atomic E-state index is 12.3. The molecule has 0 aliphatic carbocycles. The highest BCUT2D eigenvalue weighted by Crippen LogP contribution is 2.26. The van der Waals surface area contributed by atoms with E-state index >= 15 is 0 Å². The zero-order valence-electron chi connectivity index (χ0n) is 13.6. The number of para-hydroxylation sites is 2. The molecule has 1 amide bonds. The van der Waals surface area contributed by atoms with E-state index < -0.39 is 5.97 Å². The Bertz CT molecular complexity index is 751. The quantitative estimate of drug-likeness (QED) is 0.820. The van der Waals surface area contributed by atoms with Gasteiger partial charge in [0, 0.05) is 6.61 Å². The number of thiophene rings is 1. The van der Waals surface area contributed by atoms with Crippen molar-refractivity contribution in [3.63, 3.8) is 0 Å². The maximum Gasteiger partial charge on any atom is 0.345 e. The number of carbonyl (C=O) groups is 2. The molecule has 0 radical (unpaired) electrons. The van der Waals surface area contributed by atoms with Crippen LogP contribution < -0.4 is 10.1 Å². The van der Waals surface area contributed by atoms with Gasteiger partial charge in [0.25, 0.3) is 5.91 Å². The van der Waals surface area contributed by atoms with E-state index in [9.17, 15) is 9.59 Å². The second-order valence-corrected chi connectivity index (χ2v) is 6.80. The van der Waals surface area contributed by atoms with Crippen LogP contribution in [0.15, 0.2) is 36.4 Å². The molecule has 1 unspecified atom stereocenters. The zero-order valence-corrected chi connectivity index (χ0v) is 14.4. The molecule has 2 aromatic rings. The van der Waals surface area contributed by atoms with Gasteiger partial charge in [-0.1, -0.05) is 12.1 Å². The van der Waals surface area contributed by atoms with Crippen molar-refractivity contribution in [2.75, 3.05) is 18.5 Å². The van der Waals surface area contributed by atoms with Gasteiger partial charge in [0.1, 0.15) is 17.2 Å². The molecule has 2 heterocycles. The van der Waals surface area contributed by atoms with Gasteiger partial charge in [-0.2, -0.15) is 0 Å². The number of carboxylic acid groups (broad SMARTS) is 1. The molecule has 6 nitrogen and oxygen atoms in total. The molecule has 1 saturated heterocycles. The maximum absolute atomic E-state index is 12.3. The van der Waals surface area contributed by atoms with E-state index in [1.54, 1.807) is 18.2 Å². The van der Waals surface area contributed by atoms with E-state index in [1.165, 1.54) is 12.1 Å². The molecule has 3 rings (SSSR count). The minimum atomic E-state index is -1.04. The third-order valence-electron chi connectivity index (χ3n) is 3.87. The Labute approximate surface area is 149 Å². The van der Waals surface area contributed by atoms with Crippen molar-refractivity contribution in [1.29, 1.82) is 0 Å². The average Bonchev–Trinajstić information content (AvgIpc) is 3.12. The minimum Gasteiger partial charge on any atom is -0.489 e. The molecule has 1 aliphatic heterocycles. The van der Waals surface area contributed by atoms with E-state index in [1.807, 2.05) is 6.07 Å². The highest BCUT2D eigenvalue weighted by Gasteiger charge is 2.17. The van der Waals surface area contributed by atoms with Crippen LogP contribution in [0.1, 0.15) is 38.6 Å². The van der Waals surface area contributed by atoms with E-state index in [4.69, 9.17) is 14.6 Å². The lowest BCUT2D eigenvalue weighted by atomic mass is 10.1. The third kappa shape index (κ3) is 4.58. The summed E-state index contributed by atoms with van der Waals surface area (Å²) in [4.78, 5) is 23.7. The number of ether oxygens (including phenoxy) is 2. The second-order valence-electron chi connectivity index (χ2n) is 5.72. The molecule has 0 bridgehead atoms. The summed E-state index contributed by atoms with van der Waals surface area (Å²) in [5, 5.41) is 11.7. The summed E-state index contributed by atoms with van der Waals surface area (Å²) < 4.78 is 11.5. The third-order valence-corrected chi connectivity index (χ3v) is 4.95. The van der Waals surface area contributed by atoms with Crippen LogP contribution in [0.25, 0.3) is 0 Å². The van der Waals surface area contributed by atoms with Crippen LogP contribution in [-0.2, 0) is 4.74 Å². The Morgan fingerprint density at radius 3 is 2.72 bits per heavy atom. The predicted molar refractivity (Wildman–Crippen MR) is 94.8 cm³/mol. The van der Waals surface area contributed by atoms with E-state index in [-0.39, 0.29) is 16.9 Å². The van der Waals surface area contributed by atoms with Gasteiger partial charge in [-0.15, -0.1) is 11.3 Å². The standard InChI is InChI=1S/C18H19NO5S/c20-17(15-8-9-16(25-15)18(21)22)19-13-6-1-2-7-14(13)24-11-12-5-3-4-10-23-12/h1-2,6-9,12H,3-5,10-11H2,(H,19,20)(H,21,22). The van der Waals surface area contributed by atoms with Crippen molar-refractivity contribution in [2.45, 2.75) is 25.4 Å². The summed E-state index contributed by atoms with van der Waals surface area (Å²) in [6.45, 7) is 1.20. The number of amides is 1. The molecule has 1 fully saturated rings. The summed E-state index contributed by atoms with van der Waals surface area (Å²) in [6, 6.07) is 10.1. The first-order valence-corrected chi connectivity index (χ1v) is 8.93. The van der Waals surface area contributed by atoms with Gasteiger partial charge < -0.3 is 19.9 Å². The molecule has 25 heavy (non-hydrogen) atoms. The van der Waals surface area contributed by atoms with Crippen LogP contribution in [0.2, 0.25) is 0 Å². The normalized spacial score (nSPS) is 17.0. The molecule has 2 N–H and O–H groups in total. The van der Waals surface area contributed by atoms with Crippen molar-refractivity contribution >= 4 is 28.9 Å². The SMILES string of the molecule is O=C(O)c1ccc(C(=O)Nc2ccccc2OCC2CCCCO2)s1. The molecule has 1 atom stereocenters. The van der Waals surface area contributed by atoms with Crippen LogP contribution in [-0.4, -0.2) is 36.3 Å². The number of benzene rings is 1. The van der Waals surface area contributed by atoms with E-state index in [0.29, 0.717) is 22.9 Å². The summed E-state index contributed by atoms with van der Waals surface area (Å²) in [7, 11) is 0. The number of carbonyl (C=O) groups excluding carboxylic acids is 1. The van der Waals surface area contributed by atoms with Gasteiger partial charge in [0.05, 0.1) is 16.7 Å². The Kier molecular flexibility index (Phi) is 5.67. The molecule has 1 aliphatic rings. The summed E-state index contributed by atoms with van der Waals surface area (Å²) in [5.41, 5.74) is 0.550. The summed E-state index contributed by atoms with van der Waals surface area (Å²) >= 11 is 0.938. The van der Waals surface area contributed by atoms with Crippen LogP contribution >= 0.6 is 11.3 Å². The topological polar surface area (TPSA) is 84.9 Å². The van der Waals surface area contributed by atoms with E-state index in [2.05, 4.69) is 5.32 Å². The van der Waals surface area contributed by atoms with Crippen molar-refractivity contribution in [1.82, 2.24) is 0 Å². The van der Waals surface area contributed by atoms with Gasteiger partial charge >= 0.3 is 5.97 Å².